The van der Waals surface area contributed by atoms with Crippen LogP contribution < -0.4 is 11.1 Å². The van der Waals surface area contributed by atoms with Crippen LogP contribution in [-0.2, 0) is 9.59 Å². The number of nitrogens with one attached hydrogen (secondary N) is 2. The fourth-order valence-corrected chi connectivity index (χ4v) is 1.50. The minimum absolute atomic E-state index is 0.0642. The van der Waals surface area contributed by atoms with Crippen molar-refractivity contribution in [2.24, 2.45) is 5.73 Å². The highest BCUT2D eigenvalue weighted by Crippen LogP contribution is 2.18. The first kappa shape index (κ1) is 12.2. The Morgan fingerprint density at radius 1 is 1.56 bits per heavy atom. The van der Waals surface area contributed by atoms with Crippen LogP contribution in [0.15, 0.2) is 10.5 Å². The third-order valence-electron chi connectivity index (χ3n) is 1.95. The molecular formula is C8H10N4O3S. The summed E-state index contributed by atoms with van der Waals surface area (Å²) in [7, 11) is 1.33. The first-order valence-corrected chi connectivity index (χ1v) is 4.67. The fourth-order valence-electron chi connectivity index (χ4n) is 1.14. The summed E-state index contributed by atoms with van der Waals surface area (Å²) in [6.07, 6.45) is -0.254. The molecule has 7 nitrogen and oxygen atoms in total. The number of likely N-dealkylation sites (N-methyl/N-ethyl adjacent to an activating group) is 1. The Bertz CT molecular complexity index is 429. The molecule has 0 aromatic heterocycles. The maximum atomic E-state index is 11.4. The van der Waals surface area contributed by atoms with Gasteiger partial charge in [-0.25, -0.2) is 4.79 Å². The molecule has 0 spiro atoms. The van der Waals surface area contributed by atoms with Crippen LogP contribution in [0.1, 0.15) is 6.42 Å². The lowest BCUT2D eigenvalue weighted by Crippen LogP contribution is -2.52. The number of carbonyl (C=O) groups is 3. The monoisotopic (exact) mass is 242 g/mol. The van der Waals surface area contributed by atoms with Gasteiger partial charge >= 0.3 is 6.03 Å². The summed E-state index contributed by atoms with van der Waals surface area (Å²) in [5.74, 6) is -1.72. The molecule has 4 N–H and O–H groups in total. The average molecular weight is 242 g/mol. The van der Waals surface area contributed by atoms with Gasteiger partial charge in [-0.2, -0.15) is 0 Å². The van der Waals surface area contributed by atoms with Gasteiger partial charge in [-0.1, -0.05) is 0 Å². The summed E-state index contributed by atoms with van der Waals surface area (Å²) < 4.78 is 0. The molecule has 0 saturated carbocycles. The molecule has 0 unspecified atom stereocenters. The number of amides is 4. The predicted molar refractivity (Wildman–Crippen MR) is 58.9 cm³/mol. The summed E-state index contributed by atoms with van der Waals surface area (Å²) in [6, 6.07) is -0.695. The molecule has 1 aliphatic heterocycles. The molecule has 0 aromatic carbocycles. The van der Waals surface area contributed by atoms with E-state index in [0.717, 1.165) is 4.90 Å². The van der Waals surface area contributed by atoms with E-state index in [1.165, 1.54) is 7.05 Å². The zero-order valence-electron chi connectivity index (χ0n) is 8.40. The lowest BCUT2D eigenvalue weighted by atomic mass is 10.1. The number of primary amides is 1. The second kappa shape index (κ2) is 4.35. The van der Waals surface area contributed by atoms with Crippen molar-refractivity contribution >= 4 is 36.3 Å². The first-order chi connectivity index (χ1) is 7.34. The number of thiol groups is 1. The van der Waals surface area contributed by atoms with Crippen molar-refractivity contribution in [1.29, 1.82) is 5.41 Å². The highest BCUT2D eigenvalue weighted by Gasteiger charge is 2.32. The van der Waals surface area contributed by atoms with Crippen molar-refractivity contribution in [3.8, 4) is 0 Å². The molecule has 86 valence electrons. The van der Waals surface area contributed by atoms with Crippen molar-refractivity contribution in [1.82, 2.24) is 10.2 Å². The number of imide groups is 1. The van der Waals surface area contributed by atoms with Crippen molar-refractivity contribution in [3.63, 3.8) is 0 Å². The highest BCUT2D eigenvalue weighted by molar-refractivity contribution is 7.84. The van der Waals surface area contributed by atoms with Crippen molar-refractivity contribution in [2.45, 2.75) is 6.42 Å². The maximum absolute atomic E-state index is 11.4. The van der Waals surface area contributed by atoms with E-state index in [1.807, 2.05) is 5.32 Å². The zero-order chi connectivity index (χ0) is 12.5. The lowest BCUT2D eigenvalue weighted by Gasteiger charge is -2.25. The van der Waals surface area contributed by atoms with E-state index in [0.29, 0.717) is 0 Å². The second-order valence-electron chi connectivity index (χ2n) is 3.13. The molecule has 4 amide bonds. The smallest absolute Gasteiger partial charge is 0.329 e. The molecule has 0 atom stereocenters. The second-order valence-corrected chi connectivity index (χ2v) is 3.67. The molecule has 1 rings (SSSR count). The van der Waals surface area contributed by atoms with Crippen molar-refractivity contribution < 1.29 is 14.4 Å². The van der Waals surface area contributed by atoms with Crippen LogP contribution in [0.2, 0.25) is 0 Å². The van der Waals surface area contributed by atoms with E-state index < -0.39 is 17.8 Å². The summed E-state index contributed by atoms with van der Waals surface area (Å²) >= 11 is 3.94. The Labute approximate surface area is 96.6 Å². The molecule has 1 fully saturated rings. The van der Waals surface area contributed by atoms with Gasteiger partial charge in [0.1, 0.15) is 5.84 Å². The largest absolute Gasteiger partial charge is 0.369 e. The molecule has 1 heterocycles. The highest BCUT2D eigenvalue weighted by atomic mass is 32.1. The van der Waals surface area contributed by atoms with Gasteiger partial charge < -0.3 is 5.73 Å². The van der Waals surface area contributed by atoms with E-state index in [9.17, 15) is 14.4 Å². The van der Waals surface area contributed by atoms with Crippen molar-refractivity contribution in [3.05, 3.63) is 10.5 Å². The molecule has 16 heavy (non-hydrogen) atoms. The Hall–Kier alpha value is -1.83. The number of carbonyl (C=O) groups excluding carboxylic acids is 3. The number of amidine groups is 1. The number of hydrogen-bond acceptors (Lipinski definition) is 5. The Morgan fingerprint density at radius 2 is 2.12 bits per heavy atom. The van der Waals surface area contributed by atoms with Gasteiger partial charge in [0.2, 0.25) is 5.91 Å². The van der Waals surface area contributed by atoms with E-state index in [4.69, 9.17) is 11.1 Å². The SMILES string of the molecule is CN1C(=N)/C(=C(\S)CC(N)=O)C(=O)NC1=O. The van der Waals surface area contributed by atoms with Gasteiger partial charge in [0.05, 0.1) is 12.0 Å². The number of hydrogen-bond donors (Lipinski definition) is 4. The molecule has 0 aromatic rings. The molecule has 0 aliphatic carbocycles. The molecule has 1 aliphatic rings. The third kappa shape index (κ3) is 2.22. The van der Waals surface area contributed by atoms with Crippen LogP contribution in [0, 0.1) is 5.41 Å². The molecular weight excluding hydrogens is 232 g/mol. The van der Waals surface area contributed by atoms with Crippen LogP contribution >= 0.6 is 12.6 Å². The molecule has 1 saturated heterocycles. The van der Waals surface area contributed by atoms with E-state index in [2.05, 4.69) is 12.6 Å². The van der Waals surface area contributed by atoms with Gasteiger partial charge in [0, 0.05) is 12.0 Å². The Balaban J connectivity index is 3.12. The normalized spacial score (nSPS) is 19.6. The predicted octanol–water partition coefficient (Wildman–Crippen LogP) is -0.795. The van der Waals surface area contributed by atoms with Gasteiger partial charge in [-0.3, -0.25) is 25.2 Å². The van der Waals surface area contributed by atoms with E-state index in [1.54, 1.807) is 0 Å². The first-order valence-electron chi connectivity index (χ1n) is 4.23. The molecule has 0 bridgehead atoms. The Kier molecular flexibility index (Phi) is 3.33. The molecule has 0 radical (unpaired) electrons. The van der Waals surface area contributed by atoms with E-state index in [-0.39, 0.29) is 22.7 Å². The van der Waals surface area contributed by atoms with Crippen LogP contribution in [0.4, 0.5) is 4.79 Å². The average Bonchev–Trinajstić information content (AvgIpc) is 2.13. The third-order valence-corrected chi connectivity index (χ3v) is 2.34. The van der Waals surface area contributed by atoms with Gasteiger partial charge in [-0.05, 0) is 0 Å². The van der Waals surface area contributed by atoms with Crippen molar-refractivity contribution in [2.75, 3.05) is 7.05 Å². The topological polar surface area (TPSA) is 116 Å². The summed E-state index contributed by atoms with van der Waals surface area (Å²) in [4.78, 5) is 34.2. The maximum Gasteiger partial charge on any atom is 0.329 e. The minimum atomic E-state index is -0.751. The number of urea groups is 1. The summed E-state index contributed by atoms with van der Waals surface area (Å²) in [5.41, 5.74) is 4.83. The molecule has 8 heteroatoms. The van der Waals surface area contributed by atoms with Crippen LogP contribution in [-0.4, -0.2) is 35.6 Å². The van der Waals surface area contributed by atoms with Crippen LogP contribution in [0.3, 0.4) is 0 Å². The quantitative estimate of drug-likeness (QED) is 0.375. The lowest BCUT2D eigenvalue weighted by molar-refractivity contribution is -0.117. The summed E-state index contributed by atoms with van der Waals surface area (Å²) in [6.45, 7) is 0. The number of nitrogens with two attached hydrogens (primary N) is 1. The minimum Gasteiger partial charge on any atom is -0.369 e. The number of nitrogens with zero attached hydrogens (tertiary/aromatic N) is 1. The number of rotatable bonds is 2. The van der Waals surface area contributed by atoms with E-state index >= 15 is 0 Å². The Morgan fingerprint density at radius 3 is 2.62 bits per heavy atom. The van der Waals surface area contributed by atoms with Gasteiger partial charge in [0.15, 0.2) is 0 Å². The van der Waals surface area contributed by atoms with Crippen LogP contribution in [0.5, 0.6) is 0 Å². The fraction of sp³-hybridized carbons (Fsp3) is 0.250. The standard InChI is InChI=1S/C8H10N4O3S/c1-12-6(10)5(3(16)2-4(9)13)7(14)11-8(12)15/h10,16H,2H2,1H3,(H2,9,13)(H,11,14,15)/b5-3+,10-6?. The van der Waals surface area contributed by atoms with Gasteiger partial charge in [0.25, 0.3) is 5.91 Å². The summed E-state index contributed by atoms with van der Waals surface area (Å²) in [5, 5.41) is 9.58. The van der Waals surface area contributed by atoms with Crippen LogP contribution in [0.25, 0.3) is 0 Å². The zero-order valence-corrected chi connectivity index (χ0v) is 9.30. The van der Waals surface area contributed by atoms with Gasteiger partial charge in [-0.15, -0.1) is 12.6 Å².